The first-order chi connectivity index (χ1) is 6.65. The summed E-state index contributed by atoms with van der Waals surface area (Å²) in [6.45, 7) is 7.10. The molecule has 2 fully saturated rings. The molecule has 0 aromatic carbocycles. The first kappa shape index (κ1) is 9.97. The fourth-order valence-corrected chi connectivity index (χ4v) is 2.50. The summed E-state index contributed by atoms with van der Waals surface area (Å²) in [5.74, 6) is 1.57. The quantitative estimate of drug-likeness (QED) is 0.735. The molecule has 0 bridgehead atoms. The number of rotatable bonds is 3. The zero-order chi connectivity index (χ0) is 10.3. The van der Waals surface area contributed by atoms with Gasteiger partial charge in [0, 0.05) is 6.04 Å². The highest BCUT2D eigenvalue weighted by molar-refractivity contribution is 5.81. The van der Waals surface area contributed by atoms with Gasteiger partial charge in [-0.1, -0.05) is 27.2 Å². The van der Waals surface area contributed by atoms with Crippen molar-refractivity contribution in [3.8, 4) is 0 Å². The fraction of sp³-hybridized carbons (Fsp3) is 0.909. The molecule has 3 atom stereocenters. The van der Waals surface area contributed by atoms with Crippen LogP contribution in [0.25, 0.3) is 0 Å². The van der Waals surface area contributed by atoms with Gasteiger partial charge in [0.05, 0.1) is 12.7 Å². The maximum Gasteiger partial charge on any atom is 0.238 e. The van der Waals surface area contributed by atoms with Crippen LogP contribution in [-0.2, 0) is 4.79 Å². The first-order valence-electron chi connectivity index (χ1n) is 5.69. The van der Waals surface area contributed by atoms with Crippen molar-refractivity contribution in [3.63, 3.8) is 0 Å². The summed E-state index contributed by atoms with van der Waals surface area (Å²) in [4.78, 5) is 13.8. The minimum atomic E-state index is 0.282. The topological polar surface area (TPSA) is 32.3 Å². The molecule has 0 radical (unpaired) electrons. The lowest BCUT2D eigenvalue weighted by Crippen LogP contribution is -2.43. The maximum absolute atomic E-state index is 11.7. The van der Waals surface area contributed by atoms with Gasteiger partial charge in [-0.25, -0.2) is 0 Å². The van der Waals surface area contributed by atoms with Crippen LogP contribution in [0.3, 0.4) is 0 Å². The SMILES string of the molecule is CCC1CC1N1C(=O)CNC1C(C)C. The van der Waals surface area contributed by atoms with Crippen LogP contribution in [0, 0.1) is 11.8 Å². The zero-order valence-electron chi connectivity index (χ0n) is 9.29. The third-order valence-corrected chi connectivity index (χ3v) is 3.45. The molecule has 1 amide bonds. The largest absolute Gasteiger partial charge is 0.323 e. The third kappa shape index (κ3) is 1.54. The molecule has 1 heterocycles. The van der Waals surface area contributed by atoms with E-state index in [0.717, 1.165) is 5.92 Å². The lowest BCUT2D eigenvalue weighted by atomic mass is 10.1. The van der Waals surface area contributed by atoms with Crippen LogP contribution in [-0.4, -0.2) is 29.6 Å². The molecule has 2 rings (SSSR count). The molecule has 1 saturated heterocycles. The Labute approximate surface area is 85.8 Å². The van der Waals surface area contributed by atoms with Crippen LogP contribution in [0.15, 0.2) is 0 Å². The van der Waals surface area contributed by atoms with Crippen molar-refractivity contribution < 1.29 is 4.79 Å². The van der Waals surface area contributed by atoms with E-state index in [9.17, 15) is 4.79 Å². The van der Waals surface area contributed by atoms with Crippen molar-refractivity contribution in [1.29, 1.82) is 0 Å². The monoisotopic (exact) mass is 196 g/mol. The molecule has 14 heavy (non-hydrogen) atoms. The van der Waals surface area contributed by atoms with Crippen LogP contribution in [0.5, 0.6) is 0 Å². The summed E-state index contributed by atoms with van der Waals surface area (Å²) in [7, 11) is 0. The molecule has 3 unspecified atom stereocenters. The van der Waals surface area contributed by atoms with E-state index in [1.165, 1.54) is 12.8 Å². The predicted octanol–water partition coefficient (Wildman–Crippen LogP) is 1.20. The minimum absolute atomic E-state index is 0.282. The highest BCUT2D eigenvalue weighted by atomic mass is 16.2. The number of hydrogen-bond donors (Lipinski definition) is 1. The van der Waals surface area contributed by atoms with Gasteiger partial charge in [0.25, 0.3) is 0 Å². The summed E-state index contributed by atoms with van der Waals surface area (Å²) in [5, 5.41) is 3.30. The molecule has 0 spiro atoms. The number of carbonyl (C=O) groups is 1. The van der Waals surface area contributed by atoms with Gasteiger partial charge in [0.1, 0.15) is 0 Å². The Bertz CT molecular complexity index is 239. The van der Waals surface area contributed by atoms with E-state index < -0.39 is 0 Å². The molecule has 0 aromatic rings. The Morgan fingerprint density at radius 3 is 2.79 bits per heavy atom. The summed E-state index contributed by atoms with van der Waals surface area (Å²) < 4.78 is 0. The second-order valence-electron chi connectivity index (χ2n) is 4.84. The fourth-order valence-electron chi connectivity index (χ4n) is 2.50. The number of nitrogens with one attached hydrogen (secondary N) is 1. The minimum Gasteiger partial charge on any atom is -0.323 e. The van der Waals surface area contributed by atoms with Gasteiger partial charge in [-0.2, -0.15) is 0 Å². The highest BCUT2D eigenvalue weighted by Gasteiger charge is 2.48. The van der Waals surface area contributed by atoms with Gasteiger partial charge in [-0.15, -0.1) is 0 Å². The summed E-state index contributed by atoms with van der Waals surface area (Å²) in [6, 6.07) is 0.537. The van der Waals surface area contributed by atoms with Crippen molar-refractivity contribution in [2.24, 2.45) is 11.8 Å². The molecule has 0 aromatic heterocycles. The third-order valence-electron chi connectivity index (χ3n) is 3.45. The summed E-state index contributed by atoms with van der Waals surface area (Å²) >= 11 is 0. The van der Waals surface area contributed by atoms with Gasteiger partial charge in [-0.05, 0) is 18.3 Å². The standard InChI is InChI=1S/C11H20N2O/c1-4-8-5-9(8)13-10(14)6-12-11(13)7(2)3/h7-9,11-12H,4-6H2,1-3H3. The Balaban J connectivity index is 2.04. The van der Waals surface area contributed by atoms with Gasteiger partial charge >= 0.3 is 0 Å². The number of hydrogen-bond acceptors (Lipinski definition) is 2. The van der Waals surface area contributed by atoms with E-state index in [1.807, 2.05) is 0 Å². The lowest BCUT2D eigenvalue weighted by molar-refractivity contribution is -0.129. The molecule has 1 saturated carbocycles. The molecule has 1 aliphatic carbocycles. The molecule has 3 heteroatoms. The molecule has 1 N–H and O–H groups in total. The van der Waals surface area contributed by atoms with Crippen molar-refractivity contribution >= 4 is 5.91 Å². The van der Waals surface area contributed by atoms with E-state index >= 15 is 0 Å². The van der Waals surface area contributed by atoms with E-state index in [2.05, 4.69) is 31.0 Å². The van der Waals surface area contributed by atoms with E-state index in [-0.39, 0.29) is 6.17 Å². The Morgan fingerprint density at radius 2 is 2.29 bits per heavy atom. The maximum atomic E-state index is 11.7. The molecule has 2 aliphatic rings. The van der Waals surface area contributed by atoms with Gasteiger partial charge < -0.3 is 4.90 Å². The van der Waals surface area contributed by atoms with Crippen molar-refractivity contribution in [2.75, 3.05) is 6.54 Å². The summed E-state index contributed by atoms with van der Waals surface area (Å²) in [5.41, 5.74) is 0. The van der Waals surface area contributed by atoms with Crippen LogP contribution in [0.2, 0.25) is 0 Å². The van der Waals surface area contributed by atoms with Gasteiger partial charge in [0.2, 0.25) is 5.91 Å². The summed E-state index contributed by atoms with van der Waals surface area (Å²) in [6.07, 6.45) is 2.70. The molecule has 80 valence electrons. The van der Waals surface area contributed by atoms with Crippen molar-refractivity contribution in [2.45, 2.75) is 45.8 Å². The molecule has 3 nitrogen and oxygen atoms in total. The highest BCUT2D eigenvalue weighted by Crippen LogP contribution is 2.40. The second kappa shape index (κ2) is 3.54. The smallest absolute Gasteiger partial charge is 0.238 e. The van der Waals surface area contributed by atoms with E-state index in [0.29, 0.717) is 24.4 Å². The van der Waals surface area contributed by atoms with Crippen molar-refractivity contribution in [3.05, 3.63) is 0 Å². The first-order valence-corrected chi connectivity index (χ1v) is 5.69. The number of carbonyl (C=O) groups excluding carboxylic acids is 1. The van der Waals surface area contributed by atoms with Crippen LogP contribution in [0.4, 0.5) is 0 Å². The van der Waals surface area contributed by atoms with Crippen LogP contribution < -0.4 is 5.32 Å². The molecule has 1 aliphatic heterocycles. The Kier molecular flexibility index (Phi) is 2.52. The average Bonchev–Trinajstić information content (AvgIpc) is 2.81. The number of amides is 1. The lowest BCUT2D eigenvalue weighted by Gasteiger charge is -2.27. The normalized spacial score (nSPS) is 37.0. The van der Waals surface area contributed by atoms with Crippen molar-refractivity contribution in [1.82, 2.24) is 10.2 Å². The molecular formula is C11H20N2O. The van der Waals surface area contributed by atoms with Crippen LogP contribution >= 0.6 is 0 Å². The Hall–Kier alpha value is -0.570. The Morgan fingerprint density at radius 1 is 1.57 bits per heavy atom. The van der Waals surface area contributed by atoms with Gasteiger partial charge in [-0.3, -0.25) is 10.1 Å². The van der Waals surface area contributed by atoms with Crippen LogP contribution in [0.1, 0.15) is 33.6 Å². The number of nitrogens with zero attached hydrogens (tertiary/aromatic N) is 1. The molecular weight excluding hydrogens is 176 g/mol. The van der Waals surface area contributed by atoms with Gasteiger partial charge in [0.15, 0.2) is 0 Å². The van der Waals surface area contributed by atoms with E-state index in [1.54, 1.807) is 0 Å². The van der Waals surface area contributed by atoms with E-state index in [4.69, 9.17) is 0 Å². The average molecular weight is 196 g/mol. The predicted molar refractivity (Wildman–Crippen MR) is 55.7 cm³/mol. The zero-order valence-corrected chi connectivity index (χ0v) is 9.29. The second-order valence-corrected chi connectivity index (χ2v) is 4.84.